The Balaban J connectivity index is 2.00. The van der Waals surface area contributed by atoms with E-state index in [2.05, 4.69) is 17.5 Å². The highest BCUT2D eigenvalue weighted by atomic mass is 14.9. The maximum absolute atomic E-state index is 3.54. The molecule has 0 fully saturated rings. The first-order chi connectivity index (χ1) is 6.45. The van der Waals surface area contributed by atoms with E-state index < -0.39 is 0 Å². The monoisotopic (exact) mass is 173 g/mol. The minimum Gasteiger partial charge on any atom is -0.388 e. The number of nitrogens with one attached hydrogen (secondary N) is 1. The highest BCUT2D eigenvalue weighted by Crippen LogP contribution is 2.40. The zero-order valence-electron chi connectivity index (χ0n) is 7.90. The lowest BCUT2D eigenvalue weighted by molar-refractivity contribution is 0.661. The van der Waals surface area contributed by atoms with Crippen LogP contribution in [0.3, 0.4) is 0 Å². The van der Waals surface area contributed by atoms with Crippen LogP contribution in [0.1, 0.15) is 32.1 Å². The van der Waals surface area contributed by atoms with Crippen LogP contribution >= 0.6 is 0 Å². The summed E-state index contributed by atoms with van der Waals surface area (Å²) in [4.78, 5) is 0. The van der Waals surface area contributed by atoms with E-state index in [9.17, 15) is 0 Å². The van der Waals surface area contributed by atoms with Gasteiger partial charge < -0.3 is 5.32 Å². The van der Waals surface area contributed by atoms with Crippen LogP contribution in [-0.2, 0) is 0 Å². The van der Waals surface area contributed by atoms with Crippen molar-refractivity contribution in [2.45, 2.75) is 32.1 Å². The maximum Gasteiger partial charge on any atom is 0.0187 e. The molecule has 1 heterocycles. The van der Waals surface area contributed by atoms with Gasteiger partial charge in [-0.2, -0.15) is 0 Å². The zero-order valence-corrected chi connectivity index (χ0v) is 7.90. The molecule has 0 amide bonds. The predicted octanol–water partition coefficient (Wildman–Crippen LogP) is 2.67. The normalized spacial score (nSPS) is 25.8. The molecule has 0 radical (unpaired) electrons. The number of rotatable bonds is 0. The fourth-order valence-corrected chi connectivity index (χ4v) is 2.68. The van der Waals surface area contributed by atoms with Crippen LogP contribution in [-0.4, -0.2) is 6.54 Å². The fraction of sp³-hybridized carbons (Fsp3) is 0.500. The first kappa shape index (κ1) is 7.43. The van der Waals surface area contributed by atoms with Gasteiger partial charge in [-0.3, -0.25) is 0 Å². The van der Waals surface area contributed by atoms with Crippen LogP contribution in [0.15, 0.2) is 34.6 Å². The molecule has 1 heteroatoms. The summed E-state index contributed by atoms with van der Waals surface area (Å²) in [5.74, 6) is 0. The van der Waals surface area contributed by atoms with Gasteiger partial charge in [-0.25, -0.2) is 0 Å². The van der Waals surface area contributed by atoms with Crippen LogP contribution in [0, 0.1) is 0 Å². The summed E-state index contributed by atoms with van der Waals surface area (Å²) < 4.78 is 0. The number of fused-ring (bicyclic) bond motifs is 1. The van der Waals surface area contributed by atoms with Crippen LogP contribution in [0.2, 0.25) is 0 Å². The molecule has 0 aromatic carbocycles. The third kappa shape index (κ3) is 1.06. The van der Waals surface area contributed by atoms with Gasteiger partial charge in [-0.15, -0.1) is 0 Å². The topological polar surface area (TPSA) is 12.0 Å². The second-order valence-electron chi connectivity index (χ2n) is 4.11. The van der Waals surface area contributed by atoms with Crippen molar-refractivity contribution in [1.82, 2.24) is 5.32 Å². The van der Waals surface area contributed by atoms with Gasteiger partial charge in [0.1, 0.15) is 0 Å². The first-order valence-corrected chi connectivity index (χ1v) is 5.30. The molecule has 0 aromatic rings. The van der Waals surface area contributed by atoms with Crippen molar-refractivity contribution in [2.24, 2.45) is 0 Å². The Hall–Kier alpha value is -0.980. The Kier molecular flexibility index (Phi) is 1.58. The molecule has 3 rings (SSSR count). The van der Waals surface area contributed by atoms with E-state index in [1.54, 1.807) is 16.7 Å². The lowest BCUT2D eigenvalue weighted by Gasteiger charge is -2.18. The van der Waals surface area contributed by atoms with Crippen molar-refractivity contribution in [3.8, 4) is 0 Å². The molecule has 0 saturated heterocycles. The molecule has 1 nitrogen and oxygen atoms in total. The molecule has 1 aliphatic heterocycles. The van der Waals surface area contributed by atoms with Gasteiger partial charge in [0.05, 0.1) is 0 Å². The van der Waals surface area contributed by atoms with Crippen molar-refractivity contribution in [3.05, 3.63) is 34.6 Å². The summed E-state index contributed by atoms with van der Waals surface area (Å²) in [6, 6.07) is 0. The second kappa shape index (κ2) is 2.76. The summed E-state index contributed by atoms with van der Waals surface area (Å²) in [5.41, 5.74) is 6.45. The van der Waals surface area contributed by atoms with E-state index in [0.29, 0.717) is 0 Å². The quantitative estimate of drug-likeness (QED) is 0.594. The molecule has 0 aromatic heterocycles. The average molecular weight is 173 g/mol. The molecular weight excluding hydrogens is 158 g/mol. The summed E-state index contributed by atoms with van der Waals surface area (Å²) >= 11 is 0. The van der Waals surface area contributed by atoms with Gasteiger partial charge in [-0.05, 0) is 42.4 Å². The molecule has 0 atom stereocenters. The molecule has 68 valence electrons. The van der Waals surface area contributed by atoms with Crippen LogP contribution in [0.25, 0.3) is 0 Å². The van der Waals surface area contributed by atoms with E-state index in [4.69, 9.17) is 0 Å². The van der Waals surface area contributed by atoms with Crippen molar-refractivity contribution in [3.63, 3.8) is 0 Å². The largest absolute Gasteiger partial charge is 0.388 e. The smallest absolute Gasteiger partial charge is 0.0187 e. The Morgan fingerprint density at radius 1 is 1.15 bits per heavy atom. The third-order valence-corrected chi connectivity index (χ3v) is 3.31. The maximum atomic E-state index is 3.54. The molecule has 3 aliphatic rings. The van der Waals surface area contributed by atoms with E-state index in [-0.39, 0.29) is 0 Å². The molecule has 13 heavy (non-hydrogen) atoms. The highest BCUT2D eigenvalue weighted by molar-refractivity contribution is 5.52. The zero-order chi connectivity index (χ0) is 8.67. The molecule has 0 unspecified atom stereocenters. The Labute approximate surface area is 79.2 Å². The lowest BCUT2D eigenvalue weighted by atomic mass is 9.93. The van der Waals surface area contributed by atoms with Crippen LogP contribution in [0.5, 0.6) is 0 Å². The standard InChI is InChI=1S/C12H15N/c1-2-5-10-9(4-1)8-12-11(10)6-3-7-13-12/h1,4,13H,2-3,5-8H2. The minimum atomic E-state index is 1.18. The number of allylic oxidation sites excluding steroid dienone is 5. The summed E-state index contributed by atoms with van der Waals surface area (Å²) in [6.45, 7) is 1.18. The summed E-state index contributed by atoms with van der Waals surface area (Å²) in [5, 5.41) is 3.54. The number of hydrogen-bond donors (Lipinski definition) is 1. The Morgan fingerprint density at radius 3 is 3.15 bits per heavy atom. The minimum absolute atomic E-state index is 1.18. The third-order valence-electron chi connectivity index (χ3n) is 3.31. The van der Waals surface area contributed by atoms with E-state index in [1.165, 1.54) is 44.3 Å². The molecule has 2 aliphatic carbocycles. The number of hydrogen-bond acceptors (Lipinski definition) is 1. The fourth-order valence-electron chi connectivity index (χ4n) is 2.68. The van der Waals surface area contributed by atoms with Gasteiger partial charge >= 0.3 is 0 Å². The van der Waals surface area contributed by atoms with Gasteiger partial charge in [0.2, 0.25) is 0 Å². The SMILES string of the molecule is C1=CC2=C(CC1)C1=C(C2)NCCC1. The Bertz CT molecular complexity index is 331. The first-order valence-electron chi connectivity index (χ1n) is 5.30. The summed E-state index contributed by atoms with van der Waals surface area (Å²) in [6.07, 6.45) is 11.0. The molecule has 1 N–H and O–H groups in total. The Morgan fingerprint density at radius 2 is 2.15 bits per heavy atom. The van der Waals surface area contributed by atoms with E-state index in [0.717, 1.165) is 0 Å². The highest BCUT2D eigenvalue weighted by Gasteiger charge is 2.25. The van der Waals surface area contributed by atoms with E-state index >= 15 is 0 Å². The van der Waals surface area contributed by atoms with Gasteiger partial charge in [0.15, 0.2) is 0 Å². The van der Waals surface area contributed by atoms with Crippen molar-refractivity contribution < 1.29 is 0 Å². The van der Waals surface area contributed by atoms with Crippen molar-refractivity contribution in [1.29, 1.82) is 0 Å². The van der Waals surface area contributed by atoms with Gasteiger partial charge in [-0.1, -0.05) is 12.2 Å². The predicted molar refractivity (Wildman–Crippen MR) is 54.3 cm³/mol. The van der Waals surface area contributed by atoms with Gasteiger partial charge in [0.25, 0.3) is 0 Å². The van der Waals surface area contributed by atoms with Gasteiger partial charge in [0, 0.05) is 18.7 Å². The molecular formula is C12H15N. The summed E-state index contributed by atoms with van der Waals surface area (Å²) in [7, 11) is 0. The van der Waals surface area contributed by atoms with Crippen molar-refractivity contribution in [2.75, 3.05) is 6.54 Å². The molecule has 0 spiro atoms. The molecule has 0 saturated carbocycles. The lowest BCUT2D eigenvalue weighted by Crippen LogP contribution is -2.19. The van der Waals surface area contributed by atoms with Crippen LogP contribution < -0.4 is 5.32 Å². The average Bonchev–Trinajstić information content (AvgIpc) is 2.56. The van der Waals surface area contributed by atoms with Crippen molar-refractivity contribution >= 4 is 0 Å². The van der Waals surface area contributed by atoms with Crippen LogP contribution in [0.4, 0.5) is 0 Å². The van der Waals surface area contributed by atoms with E-state index in [1.807, 2.05) is 0 Å². The molecule has 0 bridgehead atoms. The second-order valence-corrected chi connectivity index (χ2v) is 4.11.